The molecule has 2 unspecified atom stereocenters. The number of hydrazine groups is 1. The summed E-state index contributed by atoms with van der Waals surface area (Å²) in [6.45, 7) is 0.575. The van der Waals surface area contributed by atoms with Crippen molar-refractivity contribution in [1.82, 2.24) is 9.58 Å². The van der Waals surface area contributed by atoms with E-state index in [9.17, 15) is 0 Å². The van der Waals surface area contributed by atoms with Crippen LogP contribution in [0.3, 0.4) is 0 Å². The molecule has 1 aliphatic heterocycles. The lowest BCUT2D eigenvalue weighted by atomic mass is 9.87. The van der Waals surface area contributed by atoms with Gasteiger partial charge in [-0.15, -0.1) is 0 Å². The number of fused-ring (bicyclic) bond motifs is 6. The number of hydrogen-bond donors (Lipinski definition) is 1. The Balaban J connectivity index is 1.12. The number of hydrogen-bond acceptors (Lipinski definition) is 4. The number of para-hydroxylation sites is 1. The largest absolute Gasteiger partial charge is 0.309 e. The van der Waals surface area contributed by atoms with Crippen LogP contribution in [0.25, 0.3) is 33.1 Å². The highest BCUT2D eigenvalue weighted by atomic mass is 32.2. The highest BCUT2D eigenvalue weighted by Gasteiger charge is 2.31. The maximum absolute atomic E-state index is 6.78. The van der Waals surface area contributed by atoms with Crippen LogP contribution in [-0.4, -0.2) is 15.8 Å². The van der Waals surface area contributed by atoms with E-state index < -0.39 is 0 Å². The highest BCUT2D eigenvalue weighted by molar-refractivity contribution is 8.03. The first-order valence-corrected chi connectivity index (χ1v) is 18.0. The van der Waals surface area contributed by atoms with Gasteiger partial charge in [-0.05, 0) is 70.1 Å². The second kappa shape index (κ2) is 13.1. The van der Waals surface area contributed by atoms with Crippen molar-refractivity contribution in [2.75, 3.05) is 0 Å². The summed E-state index contributed by atoms with van der Waals surface area (Å²) in [7, 11) is 0. The third-order valence-electron chi connectivity index (χ3n) is 9.87. The lowest BCUT2D eigenvalue weighted by molar-refractivity contribution is 0.199. The van der Waals surface area contributed by atoms with Crippen LogP contribution in [0.15, 0.2) is 179 Å². The van der Waals surface area contributed by atoms with Crippen LogP contribution in [0.2, 0.25) is 0 Å². The molecular weight excluding hydrogens is 629 g/mol. The van der Waals surface area contributed by atoms with Crippen LogP contribution in [0.5, 0.6) is 0 Å². The van der Waals surface area contributed by atoms with Crippen molar-refractivity contribution in [2.45, 2.75) is 29.9 Å². The lowest BCUT2D eigenvalue weighted by Gasteiger charge is -2.25. The van der Waals surface area contributed by atoms with Gasteiger partial charge in [0.25, 0.3) is 0 Å². The van der Waals surface area contributed by atoms with Crippen molar-refractivity contribution >= 4 is 45.4 Å². The molecule has 242 valence electrons. The SMILES string of the molecule is NN(Cc1ccccc1)C(N=Cc1ccccc1)c1ccc(-n2c3ccccc3c3ccc(C4=C5Sc6ccccc6C5CC=C4)cc32)cc1. The number of nitrogens with two attached hydrogens (primary N) is 1. The van der Waals surface area contributed by atoms with Gasteiger partial charge in [-0.2, -0.15) is 0 Å². The number of thioether (sulfide) groups is 1. The van der Waals surface area contributed by atoms with Crippen molar-refractivity contribution in [2.24, 2.45) is 10.8 Å². The third-order valence-corrected chi connectivity index (χ3v) is 11.2. The minimum Gasteiger partial charge on any atom is -0.309 e. The smallest absolute Gasteiger partial charge is 0.140 e. The molecule has 1 aromatic heterocycles. The molecule has 0 saturated heterocycles. The Bertz CT molecular complexity index is 2420. The Morgan fingerprint density at radius 2 is 1.48 bits per heavy atom. The van der Waals surface area contributed by atoms with Gasteiger partial charge in [-0.25, -0.2) is 5.01 Å². The average Bonchev–Trinajstić information content (AvgIpc) is 3.72. The fraction of sp³-hybridized carbons (Fsp3) is 0.0889. The molecule has 1 aliphatic carbocycles. The summed E-state index contributed by atoms with van der Waals surface area (Å²) in [5.41, 5.74) is 10.7. The van der Waals surface area contributed by atoms with Gasteiger partial charge in [0.1, 0.15) is 6.17 Å². The number of aromatic nitrogens is 1. The second-order valence-corrected chi connectivity index (χ2v) is 14.1. The Kier molecular flexibility index (Phi) is 8.02. The first-order chi connectivity index (χ1) is 24.7. The molecule has 2 N–H and O–H groups in total. The summed E-state index contributed by atoms with van der Waals surface area (Å²) in [5.74, 6) is 7.22. The fourth-order valence-corrected chi connectivity index (χ4v) is 8.84. The van der Waals surface area contributed by atoms with E-state index in [2.05, 4.69) is 132 Å². The monoisotopic (exact) mass is 664 g/mol. The third kappa shape index (κ3) is 5.60. The maximum Gasteiger partial charge on any atom is 0.140 e. The Morgan fingerprint density at radius 3 is 2.32 bits per heavy atom. The van der Waals surface area contributed by atoms with E-state index >= 15 is 0 Å². The zero-order chi connectivity index (χ0) is 33.4. The normalized spacial score (nSPS) is 16.1. The highest BCUT2D eigenvalue weighted by Crippen LogP contribution is 2.55. The van der Waals surface area contributed by atoms with Crippen LogP contribution in [0.4, 0.5) is 0 Å². The van der Waals surface area contributed by atoms with Gasteiger partial charge in [-0.1, -0.05) is 145 Å². The molecule has 2 aliphatic rings. The van der Waals surface area contributed by atoms with Gasteiger partial charge in [-0.3, -0.25) is 10.8 Å². The van der Waals surface area contributed by atoms with Crippen molar-refractivity contribution in [3.8, 4) is 5.69 Å². The van der Waals surface area contributed by atoms with E-state index in [1.165, 1.54) is 48.3 Å². The Hall–Kier alpha value is -5.46. The van der Waals surface area contributed by atoms with Gasteiger partial charge in [0, 0.05) is 44.9 Å². The predicted molar refractivity (Wildman–Crippen MR) is 209 cm³/mol. The van der Waals surface area contributed by atoms with Crippen LogP contribution < -0.4 is 5.84 Å². The standard InChI is InChI=1S/C45H36N4S/c46-48(30-32-14-5-2-6-15-32)45(47-29-31-12-3-1-4-13-31)33-22-25-35(26-23-33)49-41-20-9-7-16-37(41)38-27-24-34(28-42(38)49)36-18-11-19-40-39-17-8-10-21-43(39)50-44(36)40/h1-18,20-29,40,45H,19,30,46H2. The van der Waals surface area contributed by atoms with Crippen LogP contribution in [0, 0.1) is 0 Å². The second-order valence-electron chi connectivity index (χ2n) is 13.0. The summed E-state index contributed by atoms with van der Waals surface area (Å²) < 4.78 is 2.40. The van der Waals surface area contributed by atoms with E-state index in [0.717, 1.165) is 28.8 Å². The number of aliphatic imine (C=N–C) groups is 1. The predicted octanol–water partition coefficient (Wildman–Crippen LogP) is 10.8. The molecule has 5 heteroatoms. The first-order valence-electron chi connectivity index (χ1n) is 17.2. The summed E-state index contributed by atoms with van der Waals surface area (Å²) in [4.78, 5) is 7.86. The van der Waals surface area contributed by atoms with Crippen molar-refractivity contribution in [3.05, 3.63) is 197 Å². The number of nitrogens with zero attached hydrogens (tertiary/aromatic N) is 3. The molecule has 2 heterocycles. The fourth-order valence-electron chi connectivity index (χ4n) is 7.46. The van der Waals surface area contributed by atoms with Crippen LogP contribution in [0.1, 0.15) is 46.3 Å². The summed E-state index contributed by atoms with van der Waals surface area (Å²) in [6.07, 6.45) is 7.29. The van der Waals surface area contributed by atoms with E-state index in [4.69, 9.17) is 10.8 Å². The molecule has 0 fully saturated rings. The summed E-state index contributed by atoms with van der Waals surface area (Å²) in [6, 6.07) is 53.8. The van der Waals surface area contributed by atoms with E-state index in [1.807, 2.05) is 59.4 Å². The Morgan fingerprint density at radius 1 is 0.760 bits per heavy atom. The van der Waals surface area contributed by atoms with Crippen LogP contribution in [-0.2, 0) is 6.54 Å². The van der Waals surface area contributed by atoms with E-state index in [1.54, 1.807) is 0 Å². The lowest BCUT2D eigenvalue weighted by Crippen LogP contribution is -2.34. The number of benzene rings is 6. The molecule has 9 rings (SSSR count). The zero-order valence-corrected chi connectivity index (χ0v) is 28.4. The minimum absolute atomic E-state index is 0.360. The zero-order valence-electron chi connectivity index (χ0n) is 27.6. The van der Waals surface area contributed by atoms with Crippen molar-refractivity contribution in [3.63, 3.8) is 0 Å². The molecule has 0 bridgehead atoms. The minimum atomic E-state index is -0.360. The van der Waals surface area contributed by atoms with Gasteiger partial charge >= 0.3 is 0 Å². The first kappa shape index (κ1) is 30.6. The molecule has 0 spiro atoms. The molecule has 2 atom stereocenters. The maximum atomic E-state index is 6.78. The summed E-state index contributed by atoms with van der Waals surface area (Å²) in [5, 5.41) is 4.31. The van der Waals surface area contributed by atoms with Crippen molar-refractivity contribution in [1.29, 1.82) is 0 Å². The number of allylic oxidation sites excluding steroid dienone is 4. The average molecular weight is 665 g/mol. The molecule has 0 saturated carbocycles. The van der Waals surface area contributed by atoms with Gasteiger partial charge < -0.3 is 4.57 Å². The molecule has 0 radical (unpaired) electrons. The van der Waals surface area contributed by atoms with Crippen molar-refractivity contribution < 1.29 is 0 Å². The molecule has 4 nitrogen and oxygen atoms in total. The number of rotatable bonds is 8. The molecule has 0 amide bonds. The van der Waals surface area contributed by atoms with Gasteiger partial charge in [0.2, 0.25) is 0 Å². The van der Waals surface area contributed by atoms with Gasteiger partial charge in [0.15, 0.2) is 0 Å². The summed E-state index contributed by atoms with van der Waals surface area (Å²) >= 11 is 1.94. The van der Waals surface area contributed by atoms with E-state index in [-0.39, 0.29) is 6.17 Å². The van der Waals surface area contributed by atoms with Crippen LogP contribution >= 0.6 is 11.8 Å². The topological polar surface area (TPSA) is 46.5 Å². The molecular formula is C45H36N4S. The molecule has 6 aromatic carbocycles. The molecule has 50 heavy (non-hydrogen) atoms. The van der Waals surface area contributed by atoms with Gasteiger partial charge in [0.05, 0.1) is 11.0 Å². The molecule has 7 aromatic rings. The quantitative estimate of drug-likeness (QED) is 0.0999. The van der Waals surface area contributed by atoms with E-state index in [0.29, 0.717) is 12.5 Å². The Labute approximate surface area is 296 Å².